The topological polar surface area (TPSA) is 78.9 Å². The molecule has 0 aromatic carbocycles. The first-order valence-electron chi connectivity index (χ1n) is 28.3. The lowest BCUT2D eigenvalue weighted by atomic mass is 10.0. The highest BCUT2D eigenvalue weighted by atomic mass is 16.6. The third-order valence-corrected chi connectivity index (χ3v) is 12.3. The summed E-state index contributed by atoms with van der Waals surface area (Å²) in [6, 6.07) is 0. The maximum Gasteiger partial charge on any atom is 0.306 e. The predicted octanol–water partition coefficient (Wildman–Crippen LogP) is 18.8. The Hall–Kier alpha value is -2.89. The number of allylic oxidation sites excluding steroid dienone is 10. The van der Waals surface area contributed by atoms with Crippen LogP contribution in [0, 0.1) is 0 Å². The lowest BCUT2D eigenvalue weighted by molar-refractivity contribution is -0.166. The van der Waals surface area contributed by atoms with Crippen LogP contribution >= 0.6 is 0 Å². The monoisotopic (exact) mass is 923 g/mol. The normalized spacial score (nSPS) is 12.5. The molecule has 382 valence electrons. The molecule has 0 saturated heterocycles. The smallest absolute Gasteiger partial charge is 0.306 e. The van der Waals surface area contributed by atoms with E-state index >= 15 is 0 Å². The highest BCUT2D eigenvalue weighted by Crippen LogP contribution is 2.16. The van der Waals surface area contributed by atoms with Crippen molar-refractivity contribution in [3.8, 4) is 0 Å². The van der Waals surface area contributed by atoms with Crippen molar-refractivity contribution >= 4 is 17.9 Å². The van der Waals surface area contributed by atoms with E-state index in [0.717, 1.165) is 70.6 Å². The number of carbonyl (C=O) groups is 3. The Bertz CT molecular complexity index is 1200. The summed E-state index contributed by atoms with van der Waals surface area (Å²) in [6.07, 6.45) is 67.9. The molecule has 0 spiro atoms. The van der Waals surface area contributed by atoms with Crippen molar-refractivity contribution in [2.45, 2.75) is 290 Å². The van der Waals surface area contributed by atoms with Gasteiger partial charge in [-0.3, -0.25) is 14.4 Å². The van der Waals surface area contributed by atoms with Gasteiger partial charge in [0.2, 0.25) is 0 Å². The summed E-state index contributed by atoms with van der Waals surface area (Å²) in [5.74, 6) is -0.970. The zero-order valence-electron chi connectivity index (χ0n) is 43.7. The third-order valence-electron chi connectivity index (χ3n) is 12.3. The summed E-state index contributed by atoms with van der Waals surface area (Å²) in [5.41, 5.74) is 0. The van der Waals surface area contributed by atoms with Crippen LogP contribution in [0.5, 0.6) is 0 Å². The Morgan fingerprint density at radius 3 is 0.894 bits per heavy atom. The van der Waals surface area contributed by atoms with Crippen LogP contribution in [-0.4, -0.2) is 37.2 Å². The Labute approximate surface area is 409 Å². The second kappa shape index (κ2) is 54.7. The standard InChI is InChI=1S/C60H106O6/c1-4-7-10-13-16-19-22-25-28-30-33-35-38-41-44-47-50-53-59(62)65-56-57(55-64-58(61)52-49-46-43-40-37-34-31-27-24-21-18-15-12-9-6-3)66-60(63)54-51-48-45-42-39-36-32-29-26-23-20-17-14-11-8-5-2/h8,11,17,20,26,29,36,39,45,48,57H,4-7,9-10,12-16,18-19,21-25,27-28,30-35,37-38,40-44,46-47,49-56H2,1-3H3/b11-8-,20-17-,29-26-,39-36-,48-45-. The first kappa shape index (κ1) is 63.1. The number of esters is 3. The van der Waals surface area contributed by atoms with Gasteiger partial charge in [-0.1, -0.05) is 274 Å². The fraction of sp³-hybridized carbons (Fsp3) is 0.783. The van der Waals surface area contributed by atoms with E-state index in [1.807, 2.05) is 6.08 Å². The molecule has 0 aliphatic rings. The predicted molar refractivity (Wildman–Crippen MR) is 284 cm³/mol. The molecular formula is C60H106O6. The minimum atomic E-state index is -0.810. The van der Waals surface area contributed by atoms with E-state index in [1.54, 1.807) is 0 Å². The largest absolute Gasteiger partial charge is 0.462 e. The Morgan fingerprint density at radius 1 is 0.318 bits per heavy atom. The van der Waals surface area contributed by atoms with Gasteiger partial charge in [-0.25, -0.2) is 0 Å². The van der Waals surface area contributed by atoms with E-state index in [0.29, 0.717) is 19.3 Å². The molecule has 0 bridgehead atoms. The molecule has 0 saturated carbocycles. The van der Waals surface area contributed by atoms with Crippen LogP contribution in [0.4, 0.5) is 0 Å². The van der Waals surface area contributed by atoms with Gasteiger partial charge in [0.1, 0.15) is 13.2 Å². The van der Waals surface area contributed by atoms with Crippen LogP contribution in [0.25, 0.3) is 0 Å². The van der Waals surface area contributed by atoms with E-state index in [4.69, 9.17) is 14.2 Å². The number of ether oxygens (including phenoxy) is 3. The molecule has 6 nitrogen and oxygen atoms in total. The van der Waals surface area contributed by atoms with Crippen molar-refractivity contribution in [2.75, 3.05) is 13.2 Å². The van der Waals surface area contributed by atoms with Gasteiger partial charge in [-0.05, 0) is 51.4 Å². The van der Waals surface area contributed by atoms with Gasteiger partial charge in [-0.15, -0.1) is 0 Å². The molecule has 1 unspecified atom stereocenters. The van der Waals surface area contributed by atoms with Gasteiger partial charge in [0.25, 0.3) is 0 Å². The average molecular weight is 924 g/mol. The lowest BCUT2D eigenvalue weighted by Crippen LogP contribution is -2.30. The summed E-state index contributed by atoms with van der Waals surface area (Å²) in [7, 11) is 0. The molecule has 0 aromatic heterocycles. The van der Waals surface area contributed by atoms with Crippen LogP contribution in [0.2, 0.25) is 0 Å². The van der Waals surface area contributed by atoms with Crippen LogP contribution in [0.3, 0.4) is 0 Å². The van der Waals surface area contributed by atoms with Gasteiger partial charge in [0, 0.05) is 19.3 Å². The third kappa shape index (κ3) is 52.1. The molecule has 6 heteroatoms. The molecule has 1 atom stereocenters. The first-order chi connectivity index (χ1) is 32.5. The molecule has 0 aliphatic carbocycles. The molecule has 0 aliphatic heterocycles. The number of rotatable bonds is 51. The SMILES string of the molecule is CC/C=C\C/C=C\C/C=C\C/C=C\C/C=C\CCC(=O)OC(COC(=O)CCCCCCCCCCCCCCCCC)COC(=O)CCCCCCCCCCCCCCCCCCC. The summed E-state index contributed by atoms with van der Waals surface area (Å²) < 4.78 is 16.8. The van der Waals surface area contributed by atoms with Crippen molar-refractivity contribution in [3.63, 3.8) is 0 Å². The van der Waals surface area contributed by atoms with Gasteiger partial charge >= 0.3 is 17.9 Å². The molecule has 0 aromatic rings. The zero-order chi connectivity index (χ0) is 47.9. The van der Waals surface area contributed by atoms with Crippen LogP contribution in [-0.2, 0) is 28.6 Å². The van der Waals surface area contributed by atoms with Gasteiger partial charge in [0.15, 0.2) is 6.10 Å². The fourth-order valence-corrected chi connectivity index (χ4v) is 8.08. The molecule has 0 heterocycles. The maximum atomic E-state index is 12.8. The summed E-state index contributed by atoms with van der Waals surface area (Å²) in [6.45, 7) is 6.50. The van der Waals surface area contributed by atoms with E-state index in [2.05, 4.69) is 75.5 Å². The highest BCUT2D eigenvalue weighted by Gasteiger charge is 2.19. The number of hydrogen-bond acceptors (Lipinski definition) is 6. The molecule has 0 fully saturated rings. The van der Waals surface area contributed by atoms with E-state index in [1.165, 1.54) is 167 Å². The molecule has 0 radical (unpaired) electrons. The molecule has 0 rings (SSSR count). The Balaban J connectivity index is 4.44. The second-order valence-electron chi connectivity index (χ2n) is 18.8. The van der Waals surface area contributed by atoms with Crippen molar-refractivity contribution < 1.29 is 28.6 Å². The Morgan fingerprint density at radius 2 is 0.591 bits per heavy atom. The molecule has 0 N–H and O–H groups in total. The number of unbranched alkanes of at least 4 members (excludes halogenated alkanes) is 30. The van der Waals surface area contributed by atoms with E-state index in [-0.39, 0.29) is 37.5 Å². The zero-order valence-corrected chi connectivity index (χ0v) is 43.7. The summed E-state index contributed by atoms with van der Waals surface area (Å²) in [5, 5.41) is 0. The first-order valence-corrected chi connectivity index (χ1v) is 28.3. The van der Waals surface area contributed by atoms with Crippen molar-refractivity contribution in [1.82, 2.24) is 0 Å². The van der Waals surface area contributed by atoms with E-state index < -0.39 is 6.10 Å². The van der Waals surface area contributed by atoms with Gasteiger partial charge in [0.05, 0.1) is 0 Å². The second-order valence-corrected chi connectivity index (χ2v) is 18.8. The van der Waals surface area contributed by atoms with Crippen molar-refractivity contribution in [1.29, 1.82) is 0 Å². The quantitative estimate of drug-likeness (QED) is 0.0262. The van der Waals surface area contributed by atoms with Gasteiger partial charge < -0.3 is 14.2 Å². The van der Waals surface area contributed by atoms with Gasteiger partial charge in [-0.2, -0.15) is 0 Å². The molecule has 0 amide bonds. The average Bonchev–Trinajstić information content (AvgIpc) is 3.31. The fourth-order valence-electron chi connectivity index (χ4n) is 8.08. The minimum Gasteiger partial charge on any atom is -0.462 e. The lowest BCUT2D eigenvalue weighted by Gasteiger charge is -2.18. The summed E-state index contributed by atoms with van der Waals surface area (Å²) >= 11 is 0. The highest BCUT2D eigenvalue weighted by molar-refractivity contribution is 5.71. The molecule has 66 heavy (non-hydrogen) atoms. The number of hydrogen-bond donors (Lipinski definition) is 0. The number of carbonyl (C=O) groups excluding carboxylic acids is 3. The maximum absolute atomic E-state index is 12.8. The Kier molecular flexibility index (Phi) is 52.3. The molecular weight excluding hydrogens is 817 g/mol. The van der Waals surface area contributed by atoms with Crippen molar-refractivity contribution in [3.05, 3.63) is 60.8 Å². The van der Waals surface area contributed by atoms with Crippen LogP contribution in [0.15, 0.2) is 60.8 Å². The summed E-state index contributed by atoms with van der Waals surface area (Å²) in [4.78, 5) is 38.1. The van der Waals surface area contributed by atoms with Crippen LogP contribution in [0.1, 0.15) is 284 Å². The van der Waals surface area contributed by atoms with Crippen LogP contribution < -0.4 is 0 Å². The van der Waals surface area contributed by atoms with E-state index in [9.17, 15) is 14.4 Å². The minimum absolute atomic E-state index is 0.0998. The van der Waals surface area contributed by atoms with Crippen molar-refractivity contribution in [2.24, 2.45) is 0 Å².